The van der Waals surface area contributed by atoms with Gasteiger partial charge in [-0.2, -0.15) is 0 Å². The van der Waals surface area contributed by atoms with Crippen LogP contribution in [0.3, 0.4) is 0 Å². The molecule has 0 aromatic heterocycles. The summed E-state index contributed by atoms with van der Waals surface area (Å²) in [4.78, 5) is 0. The van der Waals surface area contributed by atoms with Gasteiger partial charge >= 0.3 is 0 Å². The first-order valence-corrected chi connectivity index (χ1v) is 10.4. The first-order valence-electron chi connectivity index (χ1n) is 8.30. The van der Waals surface area contributed by atoms with Crippen LogP contribution in [-0.2, 0) is 11.5 Å². The summed E-state index contributed by atoms with van der Waals surface area (Å²) < 4.78 is 5.69. The molecule has 3 aromatic carbocycles. The molecule has 0 saturated heterocycles. The van der Waals surface area contributed by atoms with E-state index in [9.17, 15) is 0 Å². The minimum Gasteiger partial charge on any atom is -0.497 e. The van der Waals surface area contributed by atoms with Gasteiger partial charge in [0.1, 0.15) is 5.75 Å². The Hall–Kier alpha value is -1.84. The molecule has 0 radical (unpaired) electrons. The fourth-order valence-electron chi connectivity index (χ4n) is 2.49. The molecule has 3 rings (SSSR count). The summed E-state index contributed by atoms with van der Waals surface area (Å²) in [7, 11) is 1.71. The minimum absolute atomic E-state index is 0.395. The molecule has 0 spiro atoms. The third kappa shape index (κ3) is 5.58. The van der Waals surface area contributed by atoms with Crippen LogP contribution in [0.15, 0.2) is 84.9 Å². The molecule has 0 atom stereocenters. The molecule has 0 aliphatic rings. The predicted molar refractivity (Wildman–Crippen MR) is 111 cm³/mol. The van der Waals surface area contributed by atoms with Gasteiger partial charge in [0.15, 0.2) is 0 Å². The number of ether oxygens (including phenoxy) is 1. The average Bonchev–Trinajstić information content (AvgIpc) is 2.70. The van der Waals surface area contributed by atoms with Crippen molar-refractivity contribution >= 4 is 23.5 Å². The zero-order valence-corrected chi connectivity index (χ0v) is 15.9. The number of benzene rings is 3. The zero-order valence-electron chi connectivity index (χ0n) is 14.3. The second kappa shape index (κ2) is 9.59. The van der Waals surface area contributed by atoms with E-state index in [2.05, 4.69) is 84.9 Å². The van der Waals surface area contributed by atoms with Crippen molar-refractivity contribution in [3.05, 3.63) is 102 Å². The van der Waals surface area contributed by atoms with Gasteiger partial charge in [-0.05, 0) is 28.8 Å². The van der Waals surface area contributed by atoms with E-state index in [1.54, 1.807) is 7.11 Å². The fourth-order valence-corrected chi connectivity index (χ4v) is 5.06. The highest BCUT2D eigenvalue weighted by Gasteiger charge is 2.13. The average molecular weight is 367 g/mol. The highest BCUT2D eigenvalue weighted by Crippen LogP contribution is 2.43. The van der Waals surface area contributed by atoms with Gasteiger partial charge in [-0.3, -0.25) is 0 Å². The van der Waals surface area contributed by atoms with E-state index >= 15 is 0 Å². The van der Waals surface area contributed by atoms with Gasteiger partial charge in [0.25, 0.3) is 0 Å². The highest BCUT2D eigenvalue weighted by atomic mass is 32.2. The fraction of sp³-hybridized carbons (Fsp3) is 0.182. The molecule has 0 saturated carbocycles. The lowest BCUT2D eigenvalue weighted by Crippen LogP contribution is -1.93. The Kier molecular flexibility index (Phi) is 6.89. The van der Waals surface area contributed by atoms with Gasteiger partial charge in [0.05, 0.1) is 11.7 Å². The molecule has 0 bridgehead atoms. The van der Waals surface area contributed by atoms with Crippen molar-refractivity contribution in [3.8, 4) is 5.75 Å². The number of methoxy groups -OCH3 is 1. The molecule has 0 unspecified atom stereocenters. The Bertz CT molecular complexity index is 699. The lowest BCUT2D eigenvalue weighted by atomic mass is 10.2. The first-order chi connectivity index (χ1) is 12.3. The largest absolute Gasteiger partial charge is 0.497 e. The van der Waals surface area contributed by atoms with Crippen molar-refractivity contribution in [3.63, 3.8) is 0 Å². The van der Waals surface area contributed by atoms with Crippen molar-refractivity contribution in [2.75, 3.05) is 7.11 Å². The number of hydrogen-bond donors (Lipinski definition) is 0. The van der Waals surface area contributed by atoms with Crippen molar-refractivity contribution < 1.29 is 4.74 Å². The van der Waals surface area contributed by atoms with Crippen LogP contribution in [0.1, 0.15) is 21.3 Å². The molecular formula is C22H22OS2. The van der Waals surface area contributed by atoms with Crippen LogP contribution >= 0.6 is 23.5 Å². The summed E-state index contributed by atoms with van der Waals surface area (Å²) in [6, 6.07) is 29.8. The molecule has 0 amide bonds. The Morgan fingerprint density at radius 1 is 0.680 bits per heavy atom. The van der Waals surface area contributed by atoms with E-state index in [-0.39, 0.29) is 0 Å². The predicted octanol–water partition coefficient (Wildman–Crippen LogP) is 6.56. The maximum Gasteiger partial charge on any atom is 0.118 e. The summed E-state index contributed by atoms with van der Waals surface area (Å²) in [5, 5.41) is 0. The van der Waals surface area contributed by atoms with Gasteiger partial charge in [0.2, 0.25) is 0 Å². The molecule has 0 N–H and O–H groups in total. The summed E-state index contributed by atoms with van der Waals surface area (Å²) >= 11 is 3.97. The molecule has 3 heteroatoms. The molecule has 25 heavy (non-hydrogen) atoms. The lowest BCUT2D eigenvalue weighted by Gasteiger charge is -2.17. The van der Waals surface area contributed by atoms with Crippen molar-refractivity contribution in [2.45, 2.75) is 16.1 Å². The monoisotopic (exact) mass is 366 g/mol. The Morgan fingerprint density at radius 2 is 1.16 bits per heavy atom. The topological polar surface area (TPSA) is 9.23 Å². The van der Waals surface area contributed by atoms with Crippen molar-refractivity contribution in [1.29, 1.82) is 0 Å². The first kappa shape index (κ1) is 18.0. The highest BCUT2D eigenvalue weighted by molar-refractivity contribution is 8.15. The standard InChI is InChI=1S/C22H22OS2/c1-23-21-14-12-20(13-15-21)22(24-16-18-8-4-2-5-9-18)25-17-19-10-6-3-7-11-19/h2-15,22H,16-17H2,1H3. The SMILES string of the molecule is COc1ccc(C(SCc2ccccc2)SCc2ccccc2)cc1. The van der Waals surface area contributed by atoms with Gasteiger partial charge < -0.3 is 4.74 Å². The van der Waals surface area contributed by atoms with E-state index in [1.807, 2.05) is 23.5 Å². The molecular weight excluding hydrogens is 344 g/mol. The number of hydrogen-bond acceptors (Lipinski definition) is 3. The summed E-state index contributed by atoms with van der Waals surface area (Å²) in [5.74, 6) is 2.93. The minimum atomic E-state index is 0.395. The van der Waals surface area contributed by atoms with Gasteiger partial charge in [-0.25, -0.2) is 0 Å². The van der Waals surface area contributed by atoms with E-state index in [4.69, 9.17) is 4.74 Å². The van der Waals surface area contributed by atoms with E-state index in [1.165, 1.54) is 16.7 Å². The van der Waals surface area contributed by atoms with Crippen molar-refractivity contribution in [2.24, 2.45) is 0 Å². The number of thioether (sulfide) groups is 2. The summed E-state index contributed by atoms with van der Waals surface area (Å²) in [6.07, 6.45) is 0. The van der Waals surface area contributed by atoms with Crippen LogP contribution in [0.25, 0.3) is 0 Å². The Morgan fingerprint density at radius 3 is 1.60 bits per heavy atom. The maximum atomic E-state index is 5.29. The summed E-state index contributed by atoms with van der Waals surface area (Å²) in [5.41, 5.74) is 4.07. The Balaban J connectivity index is 1.70. The summed E-state index contributed by atoms with van der Waals surface area (Å²) in [6.45, 7) is 0. The third-order valence-corrected chi connectivity index (χ3v) is 6.84. The van der Waals surface area contributed by atoms with Gasteiger partial charge in [-0.1, -0.05) is 72.8 Å². The lowest BCUT2D eigenvalue weighted by molar-refractivity contribution is 0.414. The van der Waals surface area contributed by atoms with Gasteiger partial charge in [0, 0.05) is 11.5 Å². The quantitative estimate of drug-likeness (QED) is 0.418. The second-order valence-corrected chi connectivity index (χ2v) is 8.18. The van der Waals surface area contributed by atoms with E-state index < -0.39 is 0 Å². The molecule has 128 valence electrons. The van der Waals surface area contributed by atoms with Crippen LogP contribution in [-0.4, -0.2) is 7.11 Å². The zero-order chi connectivity index (χ0) is 17.3. The van der Waals surface area contributed by atoms with Crippen LogP contribution in [0.4, 0.5) is 0 Å². The smallest absolute Gasteiger partial charge is 0.118 e. The Labute approximate surface area is 158 Å². The van der Waals surface area contributed by atoms with E-state index in [0.717, 1.165) is 17.3 Å². The normalized spacial score (nSPS) is 10.8. The van der Waals surface area contributed by atoms with Crippen LogP contribution < -0.4 is 4.74 Å². The van der Waals surface area contributed by atoms with E-state index in [0.29, 0.717) is 4.58 Å². The molecule has 0 aliphatic carbocycles. The van der Waals surface area contributed by atoms with Gasteiger partial charge in [-0.15, -0.1) is 23.5 Å². The number of rotatable bonds is 8. The third-order valence-electron chi connectivity index (χ3n) is 3.88. The van der Waals surface area contributed by atoms with Crippen LogP contribution in [0.2, 0.25) is 0 Å². The second-order valence-electron chi connectivity index (χ2n) is 5.70. The maximum absolute atomic E-state index is 5.29. The molecule has 1 nitrogen and oxygen atoms in total. The molecule has 0 aliphatic heterocycles. The molecule has 0 heterocycles. The molecule has 0 fully saturated rings. The molecule has 3 aromatic rings. The van der Waals surface area contributed by atoms with Crippen LogP contribution in [0, 0.1) is 0 Å². The van der Waals surface area contributed by atoms with Crippen molar-refractivity contribution in [1.82, 2.24) is 0 Å². The van der Waals surface area contributed by atoms with Crippen LogP contribution in [0.5, 0.6) is 5.75 Å².